The predicted molar refractivity (Wildman–Crippen MR) is 143 cm³/mol. The van der Waals surface area contributed by atoms with Gasteiger partial charge < -0.3 is 4.90 Å². The van der Waals surface area contributed by atoms with Gasteiger partial charge in [0.05, 0.1) is 23.3 Å². The van der Waals surface area contributed by atoms with Crippen LogP contribution in [0.4, 0.5) is 0 Å². The molecule has 5 nitrogen and oxygen atoms in total. The number of carbonyl (C=O) groups excluding carboxylic acids is 1. The van der Waals surface area contributed by atoms with E-state index in [-0.39, 0.29) is 5.91 Å². The van der Waals surface area contributed by atoms with Gasteiger partial charge in [-0.3, -0.25) is 9.78 Å². The van der Waals surface area contributed by atoms with Gasteiger partial charge in [-0.05, 0) is 69.9 Å². The maximum absolute atomic E-state index is 13.6. The number of hydrogen-bond donors (Lipinski definition) is 0. The molecule has 4 aromatic carbocycles. The number of nitrogens with zero attached hydrogens (tertiary/aromatic N) is 4. The highest BCUT2D eigenvalue weighted by molar-refractivity contribution is 5.98. The molecule has 0 atom stereocenters. The SMILES string of the molecule is N#Cc1ccc(C(=O)N(Cc2cccnc2)Cc2ccc(C#N)c(-c3cccc4ccccc34)c2)cc1. The van der Waals surface area contributed by atoms with E-state index in [1.165, 1.54) is 0 Å². The summed E-state index contributed by atoms with van der Waals surface area (Å²) in [6.45, 7) is 0.716. The van der Waals surface area contributed by atoms with Crippen LogP contribution in [0.5, 0.6) is 0 Å². The lowest BCUT2D eigenvalue weighted by Gasteiger charge is -2.24. The molecule has 1 aromatic heterocycles. The van der Waals surface area contributed by atoms with Crippen LogP contribution in [-0.4, -0.2) is 15.8 Å². The average Bonchev–Trinajstić information content (AvgIpc) is 2.96. The summed E-state index contributed by atoms with van der Waals surface area (Å²) in [4.78, 5) is 19.5. The first kappa shape index (κ1) is 23.5. The minimum atomic E-state index is -0.149. The molecule has 0 aliphatic carbocycles. The molecule has 0 fully saturated rings. The zero-order chi connectivity index (χ0) is 25.6. The molecule has 0 saturated heterocycles. The molecule has 0 spiro atoms. The van der Waals surface area contributed by atoms with Crippen molar-refractivity contribution in [2.24, 2.45) is 0 Å². The number of hydrogen-bond acceptors (Lipinski definition) is 4. The van der Waals surface area contributed by atoms with Crippen LogP contribution in [-0.2, 0) is 13.1 Å². The van der Waals surface area contributed by atoms with Gasteiger partial charge in [-0.25, -0.2) is 0 Å². The molecular weight excluding hydrogens is 456 g/mol. The molecule has 0 aliphatic rings. The topological polar surface area (TPSA) is 80.8 Å². The van der Waals surface area contributed by atoms with E-state index in [1.54, 1.807) is 41.6 Å². The number of amides is 1. The van der Waals surface area contributed by atoms with Crippen molar-refractivity contribution in [2.45, 2.75) is 13.1 Å². The highest BCUT2D eigenvalue weighted by Gasteiger charge is 2.18. The van der Waals surface area contributed by atoms with Crippen molar-refractivity contribution in [1.29, 1.82) is 10.5 Å². The Morgan fingerprint density at radius 1 is 0.757 bits per heavy atom. The van der Waals surface area contributed by atoms with E-state index in [0.29, 0.717) is 29.8 Å². The third kappa shape index (κ3) is 5.07. The largest absolute Gasteiger partial charge is 0.330 e. The third-order valence-corrected chi connectivity index (χ3v) is 6.30. The zero-order valence-electron chi connectivity index (χ0n) is 20.0. The van der Waals surface area contributed by atoms with E-state index in [2.05, 4.69) is 35.3 Å². The number of rotatable bonds is 6. The van der Waals surface area contributed by atoms with Gasteiger partial charge in [-0.1, -0.05) is 54.6 Å². The number of nitriles is 2. The summed E-state index contributed by atoms with van der Waals surface area (Å²) in [5, 5.41) is 21.1. The Morgan fingerprint density at radius 3 is 2.30 bits per heavy atom. The van der Waals surface area contributed by atoms with Crippen molar-refractivity contribution in [3.63, 3.8) is 0 Å². The Morgan fingerprint density at radius 2 is 1.54 bits per heavy atom. The van der Waals surface area contributed by atoms with E-state index < -0.39 is 0 Å². The summed E-state index contributed by atoms with van der Waals surface area (Å²) < 4.78 is 0. The molecule has 1 amide bonds. The van der Waals surface area contributed by atoms with Crippen molar-refractivity contribution in [3.8, 4) is 23.3 Å². The van der Waals surface area contributed by atoms with E-state index in [9.17, 15) is 10.1 Å². The number of aromatic nitrogens is 1. The van der Waals surface area contributed by atoms with Gasteiger partial charge in [0.2, 0.25) is 0 Å². The minimum Gasteiger partial charge on any atom is -0.330 e. The monoisotopic (exact) mass is 478 g/mol. The van der Waals surface area contributed by atoms with Crippen molar-refractivity contribution in [1.82, 2.24) is 9.88 Å². The second kappa shape index (κ2) is 10.6. The zero-order valence-corrected chi connectivity index (χ0v) is 20.0. The van der Waals surface area contributed by atoms with Crippen LogP contribution in [0.1, 0.15) is 32.6 Å². The maximum atomic E-state index is 13.6. The molecule has 0 aliphatic heterocycles. The lowest BCUT2D eigenvalue weighted by atomic mass is 9.93. The van der Waals surface area contributed by atoms with Crippen LogP contribution in [0.15, 0.2) is 109 Å². The second-order valence-corrected chi connectivity index (χ2v) is 8.73. The standard InChI is InChI=1S/C32H22N4O/c33-18-23-10-13-27(14-11-23)32(37)36(22-25-5-4-16-35-20-25)21-24-12-15-28(19-34)31(17-24)30-9-3-7-26-6-1-2-8-29(26)30/h1-17,20H,21-22H2. The fourth-order valence-electron chi connectivity index (χ4n) is 4.47. The average molecular weight is 479 g/mol. The summed E-state index contributed by atoms with van der Waals surface area (Å²) in [5.74, 6) is -0.149. The van der Waals surface area contributed by atoms with Crippen molar-refractivity contribution in [2.75, 3.05) is 0 Å². The quantitative estimate of drug-likeness (QED) is 0.279. The highest BCUT2D eigenvalue weighted by atomic mass is 16.2. The molecule has 0 radical (unpaired) electrons. The number of fused-ring (bicyclic) bond motifs is 1. The fourth-order valence-corrected chi connectivity index (χ4v) is 4.47. The van der Waals surface area contributed by atoms with Crippen molar-refractivity contribution < 1.29 is 4.79 Å². The van der Waals surface area contributed by atoms with Crippen LogP contribution in [0.2, 0.25) is 0 Å². The minimum absolute atomic E-state index is 0.149. The Bertz CT molecular complexity index is 1660. The first-order chi connectivity index (χ1) is 18.2. The molecule has 1 heterocycles. The molecule has 0 unspecified atom stereocenters. The first-order valence-corrected chi connectivity index (χ1v) is 11.9. The fraction of sp³-hybridized carbons (Fsp3) is 0.0625. The molecule has 0 saturated carbocycles. The van der Waals surface area contributed by atoms with E-state index in [1.807, 2.05) is 54.6 Å². The van der Waals surface area contributed by atoms with E-state index in [4.69, 9.17) is 5.26 Å². The Balaban J connectivity index is 1.54. The van der Waals surface area contributed by atoms with Gasteiger partial charge >= 0.3 is 0 Å². The molecule has 0 bridgehead atoms. The van der Waals surface area contributed by atoms with Crippen LogP contribution in [0, 0.1) is 22.7 Å². The summed E-state index contributed by atoms with van der Waals surface area (Å²) in [6, 6.07) is 34.8. The Hall–Kier alpha value is -5.26. The van der Waals surface area contributed by atoms with Gasteiger partial charge in [0, 0.05) is 36.6 Å². The van der Waals surface area contributed by atoms with Crippen LogP contribution in [0.25, 0.3) is 21.9 Å². The summed E-state index contributed by atoms with van der Waals surface area (Å²) in [5.41, 5.74) is 5.23. The highest BCUT2D eigenvalue weighted by Crippen LogP contribution is 2.32. The summed E-state index contributed by atoms with van der Waals surface area (Å²) in [6.07, 6.45) is 3.45. The van der Waals surface area contributed by atoms with Gasteiger partial charge in [0.25, 0.3) is 5.91 Å². The molecule has 5 aromatic rings. The van der Waals surface area contributed by atoms with Crippen molar-refractivity contribution >= 4 is 16.7 Å². The molecule has 0 N–H and O–H groups in total. The molecule has 37 heavy (non-hydrogen) atoms. The maximum Gasteiger partial charge on any atom is 0.254 e. The Labute approximate surface area is 215 Å². The van der Waals surface area contributed by atoms with Crippen LogP contribution < -0.4 is 0 Å². The number of carbonyl (C=O) groups is 1. The Kier molecular flexibility index (Phi) is 6.70. The molecular formula is C32H22N4O. The van der Waals surface area contributed by atoms with Crippen LogP contribution >= 0.6 is 0 Å². The molecule has 176 valence electrons. The summed E-state index contributed by atoms with van der Waals surface area (Å²) in [7, 11) is 0. The van der Waals surface area contributed by atoms with Gasteiger partial charge in [0.1, 0.15) is 0 Å². The van der Waals surface area contributed by atoms with E-state index in [0.717, 1.165) is 33.0 Å². The number of benzene rings is 4. The molecule has 5 heteroatoms. The predicted octanol–water partition coefficient (Wildman–Crippen LogP) is 6.49. The number of pyridine rings is 1. The van der Waals surface area contributed by atoms with Gasteiger partial charge in [-0.15, -0.1) is 0 Å². The second-order valence-electron chi connectivity index (χ2n) is 8.73. The van der Waals surface area contributed by atoms with E-state index >= 15 is 0 Å². The van der Waals surface area contributed by atoms with Gasteiger partial charge in [0.15, 0.2) is 0 Å². The first-order valence-electron chi connectivity index (χ1n) is 11.9. The van der Waals surface area contributed by atoms with Crippen LogP contribution in [0.3, 0.4) is 0 Å². The molecule has 5 rings (SSSR count). The normalized spacial score (nSPS) is 10.4. The smallest absolute Gasteiger partial charge is 0.254 e. The van der Waals surface area contributed by atoms with Crippen molar-refractivity contribution in [3.05, 3.63) is 137 Å². The third-order valence-electron chi connectivity index (χ3n) is 6.30. The van der Waals surface area contributed by atoms with Gasteiger partial charge in [-0.2, -0.15) is 10.5 Å². The lowest BCUT2D eigenvalue weighted by molar-refractivity contribution is 0.0730. The summed E-state index contributed by atoms with van der Waals surface area (Å²) >= 11 is 0. The lowest BCUT2D eigenvalue weighted by Crippen LogP contribution is -2.30.